The molecule has 1 saturated heterocycles. The number of carbonyl (C=O) groups excluding carboxylic acids is 3. The van der Waals surface area contributed by atoms with Crippen molar-refractivity contribution in [1.29, 1.82) is 0 Å². The topological polar surface area (TPSA) is 103 Å². The molecule has 1 fully saturated rings. The number of amides is 4. The van der Waals surface area contributed by atoms with Crippen molar-refractivity contribution in [1.82, 2.24) is 5.32 Å². The van der Waals surface area contributed by atoms with E-state index in [9.17, 15) is 14.4 Å². The number of imide groups is 2. The molecule has 0 aliphatic carbocycles. The second-order valence-corrected chi connectivity index (χ2v) is 9.14. The normalized spacial score (nSPS) is 14.4. The summed E-state index contributed by atoms with van der Waals surface area (Å²) in [6.07, 6.45) is 1.37. The van der Waals surface area contributed by atoms with E-state index >= 15 is 0 Å². The van der Waals surface area contributed by atoms with E-state index in [1.54, 1.807) is 18.2 Å². The molecule has 4 rings (SSSR count). The quantitative estimate of drug-likeness (QED) is 0.302. The number of halogens is 1. The molecule has 3 aromatic carbocycles. The Morgan fingerprint density at radius 1 is 0.821 bits per heavy atom. The van der Waals surface area contributed by atoms with Crippen LogP contribution in [0.1, 0.15) is 22.3 Å². The van der Waals surface area contributed by atoms with E-state index in [1.165, 1.54) is 50.7 Å². The summed E-state index contributed by atoms with van der Waals surface area (Å²) in [6.45, 7) is 4.42. The molecule has 4 amide bonds. The Hall–Kier alpha value is -4.50. The van der Waals surface area contributed by atoms with Gasteiger partial charge in [-0.3, -0.25) is 14.9 Å². The van der Waals surface area contributed by atoms with Gasteiger partial charge in [-0.05, 0) is 54.3 Å². The van der Waals surface area contributed by atoms with Gasteiger partial charge in [-0.2, -0.15) is 0 Å². The van der Waals surface area contributed by atoms with E-state index in [4.69, 9.17) is 30.5 Å². The van der Waals surface area contributed by atoms with Gasteiger partial charge in [-0.15, -0.1) is 0 Å². The first-order valence-corrected chi connectivity index (χ1v) is 12.2. The summed E-state index contributed by atoms with van der Waals surface area (Å²) < 4.78 is 22.0. The third kappa shape index (κ3) is 5.68. The molecule has 1 aliphatic rings. The number of rotatable bonds is 8. The van der Waals surface area contributed by atoms with Gasteiger partial charge in [0.2, 0.25) is 0 Å². The number of barbiturate groups is 1. The first kappa shape index (κ1) is 27.5. The van der Waals surface area contributed by atoms with Gasteiger partial charge in [0.1, 0.15) is 23.7 Å². The number of hydrogen-bond acceptors (Lipinski definition) is 7. The maximum atomic E-state index is 13.4. The number of carbonyl (C=O) groups is 3. The van der Waals surface area contributed by atoms with Crippen LogP contribution in [-0.4, -0.2) is 39.2 Å². The number of nitrogens with one attached hydrogen (secondary N) is 1. The van der Waals surface area contributed by atoms with Gasteiger partial charge in [0.25, 0.3) is 11.8 Å². The van der Waals surface area contributed by atoms with Crippen molar-refractivity contribution < 1.29 is 33.3 Å². The second kappa shape index (κ2) is 11.5. The molecular formula is C29H27ClN2O7. The molecule has 202 valence electrons. The van der Waals surface area contributed by atoms with Crippen molar-refractivity contribution in [3.8, 4) is 23.0 Å². The standard InChI is InChI=1S/C29H27ClN2O7/c1-16-6-7-19(10-17(16)2)15-39-23-9-8-18(12-26(23)38-5)11-20-27(33)31-29(35)32(28(20)34)22-14-24(36-3)21(30)13-25(22)37-4/h6-14H,15H2,1-5H3,(H,31,33,35)/b20-11+. The number of hydrogen-bond donors (Lipinski definition) is 1. The van der Waals surface area contributed by atoms with Crippen molar-refractivity contribution in [2.75, 3.05) is 26.2 Å². The number of anilines is 1. The summed E-state index contributed by atoms with van der Waals surface area (Å²) in [5.74, 6) is -0.418. The summed E-state index contributed by atoms with van der Waals surface area (Å²) >= 11 is 6.17. The van der Waals surface area contributed by atoms with Gasteiger partial charge >= 0.3 is 6.03 Å². The molecular weight excluding hydrogens is 524 g/mol. The SMILES string of the molecule is COc1cc(N2C(=O)NC(=O)/C(=C\c3ccc(OCc4ccc(C)c(C)c4)c(OC)c3)C2=O)c(OC)cc1Cl. The molecule has 0 aromatic heterocycles. The van der Waals surface area contributed by atoms with Crippen molar-refractivity contribution in [3.05, 3.63) is 81.4 Å². The van der Waals surface area contributed by atoms with Gasteiger partial charge in [-0.25, -0.2) is 9.69 Å². The molecule has 1 N–H and O–H groups in total. The first-order chi connectivity index (χ1) is 18.7. The summed E-state index contributed by atoms with van der Waals surface area (Å²) in [5, 5.41) is 2.42. The molecule has 0 radical (unpaired) electrons. The van der Waals surface area contributed by atoms with Crippen LogP contribution in [0.15, 0.2) is 54.1 Å². The zero-order valence-electron chi connectivity index (χ0n) is 22.1. The fourth-order valence-corrected chi connectivity index (χ4v) is 4.24. The van der Waals surface area contributed by atoms with E-state index in [0.717, 1.165) is 10.5 Å². The Morgan fingerprint density at radius 3 is 2.21 bits per heavy atom. The Kier molecular flexibility index (Phi) is 8.11. The van der Waals surface area contributed by atoms with Crippen molar-refractivity contribution in [2.45, 2.75) is 20.5 Å². The Bertz CT molecular complexity index is 1500. The maximum Gasteiger partial charge on any atom is 0.336 e. The largest absolute Gasteiger partial charge is 0.495 e. The number of nitrogens with zero attached hydrogens (tertiary/aromatic N) is 1. The number of ether oxygens (including phenoxy) is 4. The lowest BCUT2D eigenvalue weighted by atomic mass is 10.1. The van der Waals surface area contributed by atoms with Crippen LogP contribution in [0.2, 0.25) is 5.02 Å². The van der Waals surface area contributed by atoms with Crippen LogP contribution in [-0.2, 0) is 16.2 Å². The summed E-state index contributed by atoms with van der Waals surface area (Å²) in [6, 6.07) is 13.0. The van der Waals surface area contributed by atoms with Crippen LogP contribution in [0.5, 0.6) is 23.0 Å². The summed E-state index contributed by atoms with van der Waals surface area (Å²) in [5.41, 5.74) is 3.66. The van der Waals surface area contributed by atoms with E-state index in [-0.39, 0.29) is 27.8 Å². The van der Waals surface area contributed by atoms with Crippen molar-refractivity contribution in [2.24, 2.45) is 0 Å². The molecule has 9 nitrogen and oxygen atoms in total. The number of urea groups is 1. The highest BCUT2D eigenvalue weighted by Gasteiger charge is 2.38. The minimum absolute atomic E-state index is 0.0623. The minimum atomic E-state index is -0.933. The molecule has 0 unspecified atom stereocenters. The molecule has 0 spiro atoms. The minimum Gasteiger partial charge on any atom is -0.495 e. The summed E-state index contributed by atoms with van der Waals surface area (Å²) in [4.78, 5) is 39.6. The van der Waals surface area contributed by atoms with Crippen LogP contribution in [0.4, 0.5) is 10.5 Å². The fraction of sp³-hybridized carbons (Fsp3) is 0.207. The van der Waals surface area contributed by atoms with Crippen LogP contribution in [0.25, 0.3) is 6.08 Å². The van der Waals surface area contributed by atoms with Gasteiger partial charge in [0.05, 0.1) is 32.0 Å². The molecule has 39 heavy (non-hydrogen) atoms. The Labute approximate surface area is 230 Å². The predicted octanol–water partition coefficient (Wildman–Crippen LogP) is 5.23. The predicted molar refractivity (Wildman–Crippen MR) is 147 cm³/mol. The molecule has 0 bridgehead atoms. The maximum absolute atomic E-state index is 13.4. The van der Waals surface area contributed by atoms with Crippen LogP contribution in [0, 0.1) is 13.8 Å². The molecule has 3 aromatic rings. The number of aryl methyl sites for hydroxylation is 2. The fourth-order valence-electron chi connectivity index (χ4n) is 4.01. The van der Waals surface area contributed by atoms with Gasteiger partial charge in [0, 0.05) is 12.1 Å². The highest BCUT2D eigenvalue weighted by Crippen LogP contribution is 2.39. The first-order valence-electron chi connectivity index (χ1n) is 11.9. The molecule has 10 heteroatoms. The highest BCUT2D eigenvalue weighted by atomic mass is 35.5. The van der Waals surface area contributed by atoms with E-state index in [1.807, 2.05) is 26.0 Å². The molecule has 0 atom stereocenters. The number of methoxy groups -OCH3 is 3. The van der Waals surface area contributed by atoms with E-state index in [0.29, 0.717) is 23.7 Å². The van der Waals surface area contributed by atoms with Crippen molar-refractivity contribution >= 4 is 41.2 Å². The summed E-state index contributed by atoms with van der Waals surface area (Å²) in [7, 11) is 4.26. The van der Waals surface area contributed by atoms with Crippen LogP contribution >= 0.6 is 11.6 Å². The lowest BCUT2D eigenvalue weighted by Crippen LogP contribution is -2.54. The molecule has 1 aliphatic heterocycles. The highest BCUT2D eigenvalue weighted by molar-refractivity contribution is 6.39. The third-order valence-electron chi connectivity index (χ3n) is 6.26. The molecule has 0 saturated carbocycles. The van der Waals surface area contributed by atoms with Gasteiger partial charge in [-0.1, -0.05) is 35.9 Å². The van der Waals surface area contributed by atoms with Gasteiger partial charge < -0.3 is 18.9 Å². The molecule has 1 heterocycles. The van der Waals surface area contributed by atoms with Gasteiger partial charge in [0.15, 0.2) is 11.5 Å². The Balaban J connectivity index is 1.64. The Morgan fingerprint density at radius 2 is 1.54 bits per heavy atom. The number of benzene rings is 3. The third-order valence-corrected chi connectivity index (χ3v) is 6.56. The average Bonchev–Trinajstić information content (AvgIpc) is 2.92. The monoisotopic (exact) mass is 550 g/mol. The lowest BCUT2D eigenvalue weighted by Gasteiger charge is -2.28. The van der Waals surface area contributed by atoms with Crippen LogP contribution in [0.3, 0.4) is 0 Å². The average molecular weight is 551 g/mol. The van der Waals surface area contributed by atoms with E-state index < -0.39 is 17.8 Å². The van der Waals surface area contributed by atoms with E-state index in [2.05, 4.69) is 11.4 Å². The second-order valence-electron chi connectivity index (χ2n) is 8.73. The lowest BCUT2D eigenvalue weighted by molar-refractivity contribution is -0.122. The zero-order chi connectivity index (χ0) is 28.3. The zero-order valence-corrected chi connectivity index (χ0v) is 22.8. The van der Waals surface area contributed by atoms with Crippen molar-refractivity contribution in [3.63, 3.8) is 0 Å². The van der Waals surface area contributed by atoms with Crippen LogP contribution < -0.4 is 29.2 Å². The smallest absolute Gasteiger partial charge is 0.336 e.